The number of hydrogen-bond acceptors (Lipinski definition) is 2. The second kappa shape index (κ2) is 4.35. The molecule has 1 N–H and O–H groups in total. The minimum atomic E-state index is -0.234. The second-order valence-electron chi connectivity index (χ2n) is 3.73. The van der Waals surface area contributed by atoms with E-state index in [4.69, 9.17) is 0 Å². The third-order valence-corrected chi connectivity index (χ3v) is 2.59. The molecule has 16 heavy (non-hydrogen) atoms. The van der Waals surface area contributed by atoms with E-state index >= 15 is 0 Å². The van der Waals surface area contributed by atoms with Crippen LogP contribution in [0.25, 0.3) is 0 Å². The van der Waals surface area contributed by atoms with E-state index in [2.05, 4.69) is 10.4 Å². The van der Waals surface area contributed by atoms with Gasteiger partial charge in [-0.1, -0.05) is 12.1 Å². The Balaban J connectivity index is 2.11. The van der Waals surface area contributed by atoms with Crippen molar-refractivity contribution < 1.29 is 4.39 Å². The third-order valence-electron chi connectivity index (χ3n) is 2.59. The van der Waals surface area contributed by atoms with Crippen LogP contribution in [-0.2, 0) is 13.6 Å². The molecule has 0 fully saturated rings. The molecule has 2 rings (SSSR count). The summed E-state index contributed by atoms with van der Waals surface area (Å²) in [7, 11) is 1.88. The number of halogens is 1. The number of rotatable bonds is 3. The smallest absolute Gasteiger partial charge is 0.146 e. The Labute approximate surface area is 93.9 Å². The SMILES string of the molecule is Cc1cnn(C)c1CNc1ccccc1F. The zero-order valence-electron chi connectivity index (χ0n) is 9.37. The van der Waals surface area contributed by atoms with Crippen LogP contribution in [0.2, 0.25) is 0 Å². The summed E-state index contributed by atoms with van der Waals surface area (Å²) in [5.41, 5.74) is 2.68. The number of aryl methyl sites for hydroxylation is 2. The van der Waals surface area contributed by atoms with Crippen molar-refractivity contribution in [2.45, 2.75) is 13.5 Å². The Hall–Kier alpha value is -1.84. The van der Waals surface area contributed by atoms with Gasteiger partial charge in [-0.25, -0.2) is 4.39 Å². The van der Waals surface area contributed by atoms with E-state index < -0.39 is 0 Å². The molecule has 1 aromatic carbocycles. The first kappa shape index (κ1) is 10.7. The zero-order valence-corrected chi connectivity index (χ0v) is 9.37. The Morgan fingerprint density at radius 3 is 2.75 bits per heavy atom. The minimum Gasteiger partial charge on any atom is -0.377 e. The van der Waals surface area contributed by atoms with Crippen molar-refractivity contribution in [1.82, 2.24) is 9.78 Å². The summed E-state index contributed by atoms with van der Waals surface area (Å²) in [4.78, 5) is 0. The Morgan fingerprint density at radius 1 is 1.38 bits per heavy atom. The average molecular weight is 219 g/mol. The monoisotopic (exact) mass is 219 g/mol. The van der Waals surface area contributed by atoms with Crippen LogP contribution < -0.4 is 5.32 Å². The predicted molar refractivity (Wildman–Crippen MR) is 61.7 cm³/mol. The van der Waals surface area contributed by atoms with Crippen molar-refractivity contribution in [3.8, 4) is 0 Å². The minimum absolute atomic E-state index is 0.234. The van der Waals surface area contributed by atoms with Gasteiger partial charge in [0.1, 0.15) is 5.82 Å². The summed E-state index contributed by atoms with van der Waals surface area (Å²) in [5, 5.41) is 7.19. The summed E-state index contributed by atoms with van der Waals surface area (Å²) in [6.45, 7) is 2.56. The van der Waals surface area contributed by atoms with Gasteiger partial charge < -0.3 is 5.32 Å². The first-order valence-electron chi connectivity index (χ1n) is 5.14. The molecule has 1 heterocycles. The molecule has 0 saturated carbocycles. The van der Waals surface area contributed by atoms with Gasteiger partial charge in [0.2, 0.25) is 0 Å². The predicted octanol–water partition coefficient (Wildman–Crippen LogP) is 2.48. The summed E-state index contributed by atoms with van der Waals surface area (Å²) in [6, 6.07) is 6.65. The second-order valence-corrected chi connectivity index (χ2v) is 3.73. The molecule has 0 aliphatic rings. The lowest BCUT2D eigenvalue weighted by atomic mass is 10.2. The number of anilines is 1. The van der Waals surface area contributed by atoms with E-state index in [-0.39, 0.29) is 5.82 Å². The van der Waals surface area contributed by atoms with Crippen molar-refractivity contribution in [1.29, 1.82) is 0 Å². The first-order chi connectivity index (χ1) is 7.68. The van der Waals surface area contributed by atoms with E-state index in [9.17, 15) is 4.39 Å². The zero-order chi connectivity index (χ0) is 11.5. The molecule has 1 aromatic heterocycles. The van der Waals surface area contributed by atoms with E-state index in [1.54, 1.807) is 23.0 Å². The van der Waals surface area contributed by atoms with Gasteiger partial charge in [0.05, 0.1) is 24.1 Å². The van der Waals surface area contributed by atoms with Gasteiger partial charge in [0.25, 0.3) is 0 Å². The maximum atomic E-state index is 13.3. The van der Waals surface area contributed by atoms with Crippen LogP contribution in [0.4, 0.5) is 10.1 Å². The molecule has 0 spiro atoms. The Bertz CT molecular complexity index is 471. The van der Waals surface area contributed by atoms with E-state index in [0.29, 0.717) is 12.2 Å². The highest BCUT2D eigenvalue weighted by Gasteiger charge is 2.05. The molecule has 0 aliphatic heterocycles. The molecule has 0 aliphatic carbocycles. The van der Waals surface area contributed by atoms with Crippen LogP contribution in [0.5, 0.6) is 0 Å². The average Bonchev–Trinajstić information content (AvgIpc) is 2.58. The molecule has 0 amide bonds. The van der Waals surface area contributed by atoms with Crippen LogP contribution >= 0.6 is 0 Å². The molecule has 0 unspecified atom stereocenters. The fourth-order valence-electron chi connectivity index (χ4n) is 1.61. The summed E-state index contributed by atoms with van der Waals surface area (Å²) < 4.78 is 15.1. The third kappa shape index (κ3) is 2.05. The van der Waals surface area contributed by atoms with Crippen molar-refractivity contribution in [3.63, 3.8) is 0 Å². The Morgan fingerprint density at radius 2 is 2.12 bits per heavy atom. The lowest BCUT2D eigenvalue weighted by Gasteiger charge is -2.08. The normalized spacial score (nSPS) is 10.4. The van der Waals surface area contributed by atoms with Crippen LogP contribution in [-0.4, -0.2) is 9.78 Å². The number of para-hydroxylation sites is 1. The maximum absolute atomic E-state index is 13.3. The highest BCUT2D eigenvalue weighted by atomic mass is 19.1. The van der Waals surface area contributed by atoms with Crippen LogP contribution in [0.15, 0.2) is 30.5 Å². The van der Waals surface area contributed by atoms with E-state index in [1.807, 2.05) is 20.0 Å². The van der Waals surface area contributed by atoms with Crippen molar-refractivity contribution >= 4 is 5.69 Å². The molecule has 0 atom stereocenters. The number of aromatic nitrogens is 2. The van der Waals surface area contributed by atoms with Crippen LogP contribution in [0.1, 0.15) is 11.3 Å². The fourth-order valence-corrected chi connectivity index (χ4v) is 1.61. The molecular weight excluding hydrogens is 205 g/mol. The van der Waals surface area contributed by atoms with Crippen LogP contribution in [0.3, 0.4) is 0 Å². The standard InChI is InChI=1S/C12H14FN3/c1-9-7-15-16(2)12(9)8-14-11-6-4-3-5-10(11)13/h3-7,14H,8H2,1-2H3. The molecule has 2 aromatic rings. The highest BCUT2D eigenvalue weighted by Crippen LogP contribution is 2.14. The van der Waals surface area contributed by atoms with Gasteiger partial charge in [-0.2, -0.15) is 5.10 Å². The van der Waals surface area contributed by atoms with Crippen molar-refractivity contribution in [2.24, 2.45) is 7.05 Å². The van der Waals surface area contributed by atoms with Crippen LogP contribution in [0, 0.1) is 12.7 Å². The van der Waals surface area contributed by atoms with Gasteiger partial charge in [-0.05, 0) is 24.6 Å². The molecule has 4 heteroatoms. The lowest BCUT2D eigenvalue weighted by molar-refractivity contribution is 0.629. The molecule has 0 bridgehead atoms. The van der Waals surface area contributed by atoms with Crippen molar-refractivity contribution in [2.75, 3.05) is 5.32 Å². The highest BCUT2D eigenvalue weighted by molar-refractivity contribution is 5.44. The molecule has 0 radical (unpaired) electrons. The maximum Gasteiger partial charge on any atom is 0.146 e. The number of nitrogens with one attached hydrogen (secondary N) is 1. The summed E-state index contributed by atoms with van der Waals surface area (Å²) in [6.07, 6.45) is 1.80. The quantitative estimate of drug-likeness (QED) is 0.859. The largest absolute Gasteiger partial charge is 0.377 e. The van der Waals surface area contributed by atoms with E-state index in [1.165, 1.54) is 6.07 Å². The number of benzene rings is 1. The van der Waals surface area contributed by atoms with Gasteiger partial charge in [-0.15, -0.1) is 0 Å². The molecule has 84 valence electrons. The van der Waals surface area contributed by atoms with Gasteiger partial charge >= 0.3 is 0 Å². The Kier molecular flexibility index (Phi) is 2.90. The van der Waals surface area contributed by atoms with E-state index in [0.717, 1.165) is 11.3 Å². The van der Waals surface area contributed by atoms with Gasteiger partial charge in [0.15, 0.2) is 0 Å². The summed E-state index contributed by atoms with van der Waals surface area (Å²) >= 11 is 0. The summed E-state index contributed by atoms with van der Waals surface area (Å²) in [5.74, 6) is -0.234. The van der Waals surface area contributed by atoms with Gasteiger partial charge in [0, 0.05) is 7.05 Å². The molecule has 3 nitrogen and oxygen atoms in total. The van der Waals surface area contributed by atoms with Gasteiger partial charge in [-0.3, -0.25) is 4.68 Å². The van der Waals surface area contributed by atoms with Crippen molar-refractivity contribution in [3.05, 3.63) is 47.5 Å². The topological polar surface area (TPSA) is 29.9 Å². The number of nitrogens with zero attached hydrogens (tertiary/aromatic N) is 2. The first-order valence-corrected chi connectivity index (χ1v) is 5.14. The molecular formula is C12H14FN3. The lowest BCUT2D eigenvalue weighted by Crippen LogP contribution is -2.07. The number of hydrogen-bond donors (Lipinski definition) is 1. The fraction of sp³-hybridized carbons (Fsp3) is 0.250. The molecule has 0 saturated heterocycles.